The number of carbonyl (C=O) groups is 1. The molecule has 158 valence electrons. The Hall–Kier alpha value is -2.44. The maximum Gasteiger partial charge on any atom is 0.250 e. The fraction of sp³-hybridized carbons (Fsp3) is 0.500. The van der Waals surface area contributed by atoms with Crippen LogP contribution in [-0.4, -0.2) is 46.2 Å². The Labute approximate surface area is 176 Å². The van der Waals surface area contributed by atoms with Gasteiger partial charge in [0.2, 0.25) is 5.91 Å². The first-order chi connectivity index (χ1) is 14.7. The second kappa shape index (κ2) is 8.00. The molecule has 3 aliphatic rings. The van der Waals surface area contributed by atoms with Gasteiger partial charge in [-0.05, 0) is 36.8 Å². The molecule has 1 aromatic carbocycles. The lowest BCUT2D eigenvalue weighted by molar-refractivity contribution is -0.127. The van der Waals surface area contributed by atoms with Crippen molar-refractivity contribution in [3.8, 4) is 0 Å². The smallest absolute Gasteiger partial charge is 0.250 e. The molecule has 4 atom stereocenters. The monoisotopic (exact) mass is 407 g/mol. The summed E-state index contributed by atoms with van der Waals surface area (Å²) in [5.41, 5.74) is 2.12. The van der Waals surface area contributed by atoms with E-state index >= 15 is 0 Å². The van der Waals surface area contributed by atoms with Crippen molar-refractivity contribution >= 4 is 5.91 Å². The van der Waals surface area contributed by atoms with Gasteiger partial charge in [0.05, 0.1) is 12.0 Å². The van der Waals surface area contributed by atoms with Gasteiger partial charge in [-0.3, -0.25) is 14.5 Å². The number of hydrogen-bond acceptors (Lipinski definition) is 4. The highest BCUT2D eigenvalue weighted by Gasteiger charge is 2.55. The molecule has 1 saturated carbocycles. The molecule has 2 fully saturated rings. The number of pyridine rings is 1. The van der Waals surface area contributed by atoms with E-state index in [4.69, 9.17) is 0 Å². The minimum absolute atomic E-state index is 0.0166. The predicted octanol–water partition coefficient (Wildman–Crippen LogP) is 1.58. The normalized spacial score (nSPS) is 27.6. The summed E-state index contributed by atoms with van der Waals surface area (Å²) in [5, 5.41) is 13.4. The Morgan fingerprint density at radius 3 is 2.63 bits per heavy atom. The first kappa shape index (κ1) is 19.5. The number of aliphatic hydroxyl groups excluding tert-OH is 1. The van der Waals surface area contributed by atoms with Crippen molar-refractivity contribution in [3.05, 3.63) is 70.1 Å². The summed E-state index contributed by atoms with van der Waals surface area (Å²) in [5.74, 6) is 0.101. The van der Waals surface area contributed by atoms with E-state index in [1.165, 1.54) is 18.4 Å². The zero-order valence-electron chi connectivity index (χ0n) is 17.1. The van der Waals surface area contributed by atoms with Crippen LogP contribution in [0.5, 0.6) is 0 Å². The number of carbonyl (C=O) groups excluding carboxylic acids is 1. The molecule has 0 unspecified atom stereocenters. The van der Waals surface area contributed by atoms with Crippen LogP contribution in [0.2, 0.25) is 0 Å². The average molecular weight is 408 g/mol. The van der Waals surface area contributed by atoms with E-state index in [0.717, 1.165) is 25.2 Å². The third-order valence-corrected chi connectivity index (χ3v) is 7.11. The third-order valence-electron chi connectivity index (χ3n) is 7.11. The van der Waals surface area contributed by atoms with Crippen LogP contribution < -0.4 is 10.9 Å². The molecule has 3 heterocycles. The summed E-state index contributed by atoms with van der Waals surface area (Å²) in [6.45, 7) is 1.99. The minimum Gasteiger partial charge on any atom is -0.396 e. The zero-order chi connectivity index (χ0) is 20.7. The van der Waals surface area contributed by atoms with Crippen molar-refractivity contribution in [2.45, 2.75) is 37.9 Å². The van der Waals surface area contributed by atoms with Crippen LogP contribution >= 0.6 is 0 Å². The largest absolute Gasteiger partial charge is 0.396 e. The Kier molecular flexibility index (Phi) is 5.21. The third kappa shape index (κ3) is 3.48. The fourth-order valence-electron chi connectivity index (χ4n) is 5.37. The number of aliphatic hydroxyl groups is 1. The van der Waals surface area contributed by atoms with E-state index < -0.39 is 0 Å². The Morgan fingerprint density at radius 2 is 1.90 bits per heavy atom. The number of aromatic nitrogens is 1. The molecule has 1 aromatic heterocycles. The van der Waals surface area contributed by atoms with Crippen molar-refractivity contribution in [1.82, 2.24) is 14.8 Å². The lowest BCUT2D eigenvalue weighted by Gasteiger charge is -2.38. The van der Waals surface area contributed by atoms with Gasteiger partial charge in [-0.15, -0.1) is 0 Å². The summed E-state index contributed by atoms with van der Waals surface area (Å²) >= 11 is 0. The number of amides is 1. The molecule has 0 spiro atoms. The fourth-order valence-corrected chi connectivity index (χ4v) is 5.37. The molecule has 1 aliphatic carbocycles. The van der Waals surface area contributed by atoms with E-state index in [1.807, 2.05) is 28.8 Å². The van der Waals surface area contributed by atoms with Gasteiger partial charge in [0.25, 0.3) is 5.56 Å². The molecule has 2 N–H and O–H groups in total. The highest BCUT2D eigenvalue weighted by molar-refractivity contribution is 5.80. The van der Waals surface area contributed by atoms with Gasteiger partial charge >= 0.3 is 0 Å². The summed E-state index contributed by atoms with van der Waals surface area (Å²) in [4.78, 5) is 28.2. The van der Waals surface area contributed by atoms with Crippen molar-refractivity contribution < 1.29 is 9.90 Å². The molecule has 5 rings (SSSR count). The number of benzene rings is 1. The lowest BCUT2D eigenvalue weighted by atomic mass is 9.86. The van der Waals surface area contributed by atoms with Crippen LogP contribution in [0.15, 0.2) is 53.3 Å². The topological polar surface area (TPSA) is 74.6 Å². The minimum atomic E-state index is -0.343. The van der Waals surface area contributed by atoms with Crippen LogP contribution in [0.1, 0.15) is 30.1 Å². The summed E-state index contributed by atoms with van der Waals surface area (Å²) in [7, 11) is 0. The lowest BCUT2D eigenvalue weighted by Crippen LogP contribution is -2.47. The second-order valence-electron chi connectivity index (χ2n) is 8.95. The van der Waals surface area contributed by atoms with E-state index in [2.05, 4.69) is 22.3 Å². The van der Waals surface area contributed by atoms with Crippen molar-refractivity contribution in [2.24, 2.45) is 17.8 Å². The molecule has 1 amide bonds. The first-order valence-electron chi connectivity index (χ1n) is 11.1. The standard InChI is InChI=1S/C24H29N3O3/c28-15-18-20-14-27-19(7-4-8-21(27)29)23(22(18)24(30)25-13-17-9-10-17)26(20)12-11-16-5-2-1-3-6-16/h1-8,17-18,20,22-23,28H,9-15H2,(H,25,30)/t18-,20-,22+,23+/m1/s1. The highest BCUT2D eigenvalue weighted by Crippen LogP contribution is 2.48. The summed E-state index contributed by atoms with van der Waals surface area (Å²) in [6, 6.07) is 15.5. The van der Waals surface area contributed by atoms with Gasteiger partial charge in [0, 0.05) is 50.0 Å². The molecule has 30 heavy (non-hydrogen) atoms. The molecule has 6 nitrogen and oxygen atoms in total. The maximum atomic E-state index is 13.3. The van der Waals surface area contributed by atoms with E-state index in [9.17, 15) is 14.7 Å². The van der Waals surface area contributed by atoms with E-state index in [0.29, 0.717) is 12.5 Å². The number of rotatable bonds is 7. The SMILES string of the molecule is O=C(NCC1CC1)[C@H]1[C@H](CO)[C@H]2Cn3c(cccc3=O)[C@@H]1N2CCc1ccccc1. The van der Waals surface area contributed by atoms with Gasteiger partial charge in [-0.1, -0.05) is 36.4 Å². The molecule has 2 aromatic rings. The molecular weight excluding hydrogens is 378 g/mol. The molecule has 2 aliphatic heterocycles. The van der Waals surface area contributed by atoms with E-state index in [-0.39, 0.29) is 42.0 Å². The highest BCUT2D eigenvalue weighted by atomic mass is 16.3. The molecular formula is C24H29N3O3. The predicted molar refractivity (Wildman–Crippen MR) is 114 cm³/mol. The van der Waals surface area contributed by atoms with Crippen molar-refractivity contribution in [2.75, 3.05) is 19.7 Å². The number of nitrogens with zero attached hydrogens (tertiary/aromatic N) is 2. The van der Waals surface area contributed by atoms with Crippen LogP contribution in [0, 0.1) is 17.8 Å². The Morgan fingerprint density at radius 1 is 1.10 bits per heavy atom. The average Bonchev–Trinajstić information content (AvgIpc) is 3.56. The van der Waals surface area contributed by atoms with Gasteiger partial charge in [0.1, 0.15) is 0 Å². The molecule has 2 bridgehead atoms. The van der Waals surface area contributed by atoms with E-state index in [1.54, 1.807) is 12.1 Å². The van der Waals surface area contributed by atoms with Gasteiger partial charge in [-0.2, -0.15) is 0 Å². The van der Waals surface area contributed by atoms with Crippen LogP contribution in [0.25, 0.3) is 0 Å². The number of fused-ring (bicyclic) bond motifs is 4. The second-order valence-corrected chi connectivity index (χ2v) is 8.95. The van der Waals surface area contributed by atoms with Crippen LogP contribution in [-0.2, 0) is 17.8 Å². The maximum absolute atomic E-state index is 13.3. The molecule has 1 saturated heterocycles. The summed E-state index contributed by atoms with van der Waals surface area (Å²) < 4.78 is 1.81. The van der Waals surface area contributed by atoms with Gasteiger partial charge in [0.15, 0.2) is 0 Å². The zero-order valence-corrected chi connectivity index (χ0v) is 17.1. The summed E-state index contributed by atoms with van der Waals surface area (Å²) in [6.07, 6.45) is 3.24. The van der Waals surface area contributed by atoms with Gasteiger partial charge in [-0.25, -0.2) is 0 Å². The number of hydrogen-bond donors (Lipinski definition) is 2. The first-order valence-corrected chi connectivity index (χ1v) is 11.1. The van der Waals surface area contributed by atoms with Crippen LogP contribution in [0.4, 0.5) is 0 Å². The van der Waals surface area contributed by atoms with Crippen molar-refractivity contribution in [1.29, 1.82) is 0 Å². The number of nitrogens with one attached hydrogen (secondary N) is 1. The van der Waals surface area contributed by atoms with Crippen LogP contribution in [0.3, 0.4) is 0 Å². The quantitative estimate of drug-likeness (QED) is 0.731. The van der Waals surface area contributed by atoms with Gasteiger partial charge < -0.3 is 15.0 Å². The van der Waals surface area contributed by atoms with Crippen molar-refractivity contribution in [3.63, 3.8) is 0 Å². The molecule has 0 radical (unpaired) electrons. The Balaban J connectivity index is 1.47. The Bertz CT molecular complexity index is 969. The molecule has 6 heteroatoms.